The Hall–Kier alpha value is -0.930. The van der Waals surface area contributed by atoms with Gasteiger partial charge >= 0.3 is 0 Å². The number of nitrogens with two attached hydrogens (primary N) is 1. The lowest BCUT2D eigenvalue weighted by molar-refractivity contribution is 0.372. The minimum absolute atomic E-state index is 0.133. The van der Waals surface area contributed by atoms with Gasteiger partial charge in [-0.2, -0.15) is 0 Å². The van der Waals surface area contributed by atoms with Crippen LogP contribution in [0.5, 0.6) is 0 Å². The minimum Gasteiger partial charge on any atom is -0.271 e. The van der Waals surface area contributed by atoms with Gasteiger partial charge in [0.25, 0.3) is 0 Å². The average Bonchev–Trinajstić information content (AvgIpc) is 2.82. The molecule has 3 aliphatic rings. The monoisotopic (exact) mass is 260 g/mol. The number of rotatable bonds is 3. The van der Waals surface area contributed by atoms with Crippen LogP contribution in [0.15, 0.2) is 18.2 Å². The molecule has 2 nitrogen and oxygen atoms in total. The van der Waals surface area contributed by atoms with Crippen molar-refractivity contribution in [3.63, 3.8) is 0 Å². The van der Waals surface area contributed by atoms with Gasteiger partial charge in [0.05, 0.1) is 0 Å². The molecule has 3 aliphatic carbocycles. The van der Waals surface area contributed by atoms with Crippen molar-refractivity contribution in [3.8, 4) is 0 Å². The van der Waals surface area contributed by atoms with Crippen LogP contribution in [0, 0.1) is 42.3 Å². The van der Waals surface area contributed by atoms with E-state index in [1.54, 1.807) is 6.07 Å². The highest BCUT2D eigenvalue weighted by Gasteiger charge is 2.66. The molecule has 5 unspecified atom stereocenters. The van der Waals surface area contributed by atoms with Crippen molar-refractivity contribution in [3.05, 3.63) is 35.1 Å². The van der Waals surface area contributed by atoms with Crippen LogP contribution < -0.4 is 11.3 Å². The number of hydrogen-bond acceptors (Lipinski definition) is 2. The Morgan fingerprint density at radius 2 is 1.95 bits per heavy atom. The van der Waals surface area contributed by atoms with Crippen molar-refractivity contribution in [1.29, 1.82) is 0 Å². The highest BCUT2D eigenvalue weighted by molar-refractivity contribution is 5.33. The van der Waals surface area contributed by atoms with E-state index in [0.29, 0.717) is 5.92 Å². The predicted octanol–water partition coefficient (Wildman–Crippen LogP) is 2.93. The number of nitrogens with one attached hydrogen (secondary N) is 1. The second-order valence-corrected chi connectivity index (χ2v) is 6.71. The molecule has 3 saturated carbocycles. The van der Waals surface area contributed by atoms with Crippen molar-refractivity contribution >= 4 is 0 Å². The SMILES string of the molecule is Cc1ccc(F)cc1C(NN)C1C2C3CCC(C3)C21. The molecule has 0 saturated heterocycles. The Morgan fingerprint density at radius 3 is 2.58 bits per heavy atom. The van der Waals surface area contributed by atoms with Crippen LogP contribution in [0.3, 0.4) is 0 Å². The van der Waals surface area contributed by atoms with E-state index in [0.717, 1.165) is 34.8 Å². The smallest absolute Gasteiger partial charge is 0.123 e. The van der Waals surface area contributed by atoms with Crippen molar-refractivity contribution in [2.24, 2.45) is 35.4 Å². The van der Waals surface area contributed by atoms with E-state index in [1.165, 1.54) is 25.3 Å². The molecular formula is C16H21FN2. The van der Waals surface area contributed by atoms with Crippen molar-refractivity contribution < 1.29 is 4.39 Å². The van der Waals surface area contributed by atoms with Gasteiger partial charge in [0.2, 0.25) is 0 Å². The summed E-state index contributed by atoms with van der Waals surface area (Å²) < 4.78 is 13.5. The van der Waals surface area contributed by atoms with E-state index >= 15 is 0 Å². The van der Waals surface area contributed by atoms with Gasteiger partial charge in [0, 0.05) is 6.04 Å². The number of benzene rings is 1. The van der Waals surface area contributed by atoms with Gasteiger partial charge in [-0.1, -0.05) is 6.07 Å². The van der Waals surface area contributed by atoms with E-state index in [4.69, 9.17) is 5.84 Å². The molecule has 4 rings (SSSR count). The molecule has 0 aromatic heterocycles. The summed E-state index contributed by atoms with van der Waals surface area (Å²) in [5, 5.41) is 0. The van der Waals surface area contributed by atoms with E-state index in [2.05, 4.69) is 5.43 Å². The average molecular weight is 260 g/mol. The fourth-order valence-corrected chi connectivity index (χ4v) is 5.19. The van der Waals surface area contributed by atoms with Crippen molar-refractivity contribution in [2.75, 3.05) is 0 Å². The zero-order chi connectivity index (χ0) is 13.1. The van der Waals surface area contributed by atoms with Gasteiger partial charge in [0.1, 0.15) is 5.82 Å². The fourth-order valence-electron chi connectivity index (χ4n) is 5.19. The van der Waals surface area contributed by atoms with E-state index in [9.17, 15) is 4.39 Å². The molecule has 5 atom stereocenters. The van der Waals surface area contributed by atoms with E-state index < -0.39 is 0 Å². The first-order chi connectivity index (χ1) is 9.20. The molecule has 1 aromatic rings. The summed E-state index contributed by atoms with van der Waals surface area (Å²) in [6.07, 6.45) is 4.24. The summed E-state index contributed by atoms with van der Waals surface area (Å²) in [5.41, 5.74) is 5.18. The molecule has 1 aromatic carbocycles. The molecule has 0 spiro atoms. The van der Waals surface area contributed by atoms with Crippen molar-refractivity contribution in [1.82, 2.24) is 5.43 Å². The van der Waals surface area contributed by atoms with Gasteiger partial charge in [0.15, 0.2) is 0 Å². The van der Waals surface area contributed by atoms with Crippen molar-refractivity contribution in [2.45, 2.75) is 32.2 Å². The molecule has 2 bridgehead atoms. The third-order valence-electron chi connectivity index (χ3n) is 5.94. The van der Waals surface area contributed by atoms with Gasteiger partial charge in [-0.15, -0.1) is 0 Å². The second-order valence-electron chi connectivity index (χ2n) is 6.71. The zero-order valence-electron chi connectivity index (χ0n) is 11.3. The van der Waals surface area contributed by atoms with Gasteiger partial charge in [-0.3, -0.25) is 11.3 Å². The van der Waals surface area contributed by atoms with Crippen LogP contribution in [0.1, 0.15) is 36.4 Å². The third kappa shape index (κ3) is 1.61. The first-order valence-electron chi connectivity index (χ1n) is 7.43. The Balaban J connectivity index is 1.64. The summed E-state index contributed by atoms with van der Waals surface area (Å²) in [6.45, 7) is 2.05. The molecular weight excluding hydrogens is 239 g/mol. The summed E-state index contributed by atoms with van der Waals surface area (Å²) in [5.74, 6) is 9.83. The zero-order valence-corrected chi connectivity index (χ0v) is 11.3. The summed E-state index contributed by atoms with van der Waals surface area (Å²) in [4.78, 5) is 0. The maximum absolute atomic E-state index is 13.5. The predicted molar refractivity (Wildman–Crippen MR) is 72.5 cm³/mol. The molecule has 102 valence electrons. The van der Waals surface area contributed by atoms with Crippen LogP contribution in [0.25, 0.3) is 0 Å². The second kappa shape index (κ2) is 4.03. The van der Waals surface area contributed by atoms with Crippen LogP contribution in [0.2, 0.25) is 0 Å². The Labute approximate surface area is 113 Å². The lowest BCUT2D eigenvalue weighted by Gasteiger charge is -2.22. The molecule has 0 heterocycles. The van der Waals surface area contributed by atoms with Gasteiger partial charge < -0.3 is 0 Å². The van der Waals surface area contributed by atoms with Crippen LogP contribution in [0.4, 0.5) is 4.39 Å². The molecule has 0 aliphatic heterocycles. The molecule has 3 fully saturated rings. The maximum Gasteiger partial charge on any atom is 0.123 e. The topological polar surface area (TPSA) is 38.0 Å². The Morgan fingerprint density at radius 1 is 1.26 bits per heavy atom. The summed E-state index contributed by atoms with van der Waals surface area (Å²) in [7, 11) is 0. The van der Waals surface area contributed by atoms with Crippen LogP contribution in [-0.4, -0.2) is 0 Å². The number of aryl methyl sites for hydroxylation is 1. The number of halogens is 1. The normalized spacial score (nSPS) is 40.3. The van der Waals surface area contributed by atoms with Crippen LogP contribution >= 0.6 is 0 Å². The molecule has 19 heavy (non-hydrogen) atoms. The first kappa shape index (κ1) is 11.9. The molecule has 0 radical (unpaired) electrons. The fraction of sp³-hybridized carbons (Fsp3) is 0.625. The summed E-state index contributed by atoms with van der Waals surface area (Å²) in [6, 6.07) is 5.19. The lowest BCUT2D eigenvalue weighted by atomic mass is 9.91. The molecule has 3 N–H and O–H groups in total. The number of hydrazine groups is 1. The molecule has 0 amide bonds. The highest BCUT2D eigenvalue weighted by Crippen LogP contribution is 2.72. The van der Waals surface area contributed by atoms with Crippen LogP contribution in [-0.2, 0) is 0 Å². The van der Waals surface area contributed by atoms with Gasteiger partial charge in [-0.05, 0) is 79.0 Å². The number of fused-ring (bicyclic) bond motifs is 5. The first-order valence-corrected chi connectivity index (χ1v) is 7.43. The third-order valence-corrected chi connectivity index (χ3v) is 5.94. The van der Waals surface area contributed by atoms with E-state index in [-0.39, 0.29) is 11.9 Å². The molecule has 3 heteroatoms. The number of hydrogen-bond donors (Lipinski definition) is 2. The largest absolute Gasteiger partial charge is 0.271 e. The standard InChI is InChI=1S/C16H21FN2/c1-8-2-5-11(17)7-12(8)16(19-18)15-13-9-3-4-10(6-9)14(13)15/h2,5,7,9-10,13-16,19H,3-4,6,18H2,1H3. The Kier molecular flexibility index (Phi) is 2.52. The van der Waals surface area contributed by atoms with E-state index in [1.807, 2.05) is 13.0 Å². The Bertz CT molecular complexity index is 499. The quantitative estimate of drug-likeness (QED) is 0.648. The lowest BCUT2D eigenvalue weighted by Crippen LogP contribution is -2.32. The maximum atomic E-state index is 13.5. The summed E-state index contributed by atoms with van der Waals surface area (Å²) >= 11 is 0. The highest BCUT2D eigenvalue weighted by atomic mass is 19.1. The van der Waals surface area contributed by atoms with Gasteiger partial charge in [-0.25, -0.2) is 4.39 Å². The minimum atomic E-state index is -0.158.